The summed E-state index contributed by atoms with van der Waals surface area (Å²) in [6.45, 7) is 9.28. The van der Waals surface area contributed by atoms with Crippen molar-refractivity contribution in [2.45, 2.75) is 46.1 Å². The number of carbonyl (C=O) groups is 2. The standard InChI is InChI=1S/C17H28N2O2.C4H4O4/c1-4-15(14-7-5-9-18-11-14)21-16-8-6-10-19-17(16)20-12-13(2)3;5-3(6)1-2-4(7)8/h6,8,10,13-15,18H,4-5,7,9,11-12H2,1-3H3;1-2H,(H,5,6)(H,7,8)/b;2-1+/t14-,15-;/m0./s1. The Morgan fingerprint density at radius 1 is 1.31 bits per heavy atom. The Labute approximate surface area is 171 Å². The van der Waals surface area contributed by atoms with Gasteiger partial charge in [0.1, 0.15) is 6.10 Å². The average molecular weight is 408 g/mol. The van der Waals surface area contributed by atoms with Gasteiger partial charge in [-0.1, -0.05) is 20.8 Å². The minimum absolute atomic E-state index is 0.225. The van der Waals surface area contributed by atoms with Crippen LogP contribution in [0.4, 0.5) is 0 Å². The first kappa shape index (κ1) is 24.4. The Balaban J connectivity index is 0.000000447. The summed E-state index contributed by atoms with van der Waals surface area (Å²) >= 11 is 0. The molecule has 29 heavy (non-hydrogen) atoms. The fourth-order valence-corrected chi connectivity index (χ4v) is 2.83. The van der Waals surface area contributed by atoms with Crippen LogP contribution in [0, 0.1) is 11.8 Å². The molecule has 1 fully saturated rings. The number of hydrogen-bond donors (Lipinski definition) is 3. The lowest BCUT2D eigenvalue weighted by atomic mass is 9.92. The van der Waals surface area contributed by atoms with Crippen LogP contribution in [-0.2, 0) is 9.59 Å². The highest BCUT2D eigenvalue weighted by Gasteiger charge is 2.25. The summed E-state index contributed by atoms with van der Waals surface area (Å²) in [5.41, 5.74) is 0. The average Bonchev–Trinajstić information content (AvgIpc) is 2.70. The Hall–Kier alpha value is -2.61. The number of piperidine rings is 1. The fourth-order valence-electron chi connectivity index (χ4n) is 2.83. The summed E-state index contributed by atoms with van der Waals surface area (Å²) in [5, 5.41) is 19.1. The molecule has 2 heterocycles. The molecule has 1 saturated heterocycles. The molecule has 1 aliphatic heterocycles. The number of rotatable bonds is 9. The van der Waals surface area contributed by atoms with Crippen molar-refractivity contribution in [3.05, 3.63) is 30.5 Å². The van der Waals surface area contributed by atoms with Gasteiger partial charge in [-0.25, -0.2) is 14.6 Å². The molecule has 0 aliphatic carbocycles. The lowest BCUT2D eigenvalue weighted by molar-refractivity contribution is -0.134. The lowest BCUT2D eigenvalue weighted by Gasteiger charge is -2.30. The third-order valence-electron chi connectivity index (χ3n) is 4.20. The molecule has 3 N–H and O–H groups in total. The molecule has 8 heteroatoms. The van der Waals surface area contributed by atoms with Crippen LogP contribution in [0.1, 0.15) is 40.0 Å². The monoisotopic (exact) mass is 408 g/mol. The van der Waals surface area contributed by atoms with E-state index in [4.69, 9.17) is 19.7 Å². The van der Waals surface area contributed by atoms with E-state index in [9.17, 15) is 9.59 Å². The maximum absolute atomic E-state index is 9.55. The van der Waals surface area contributed by atoms with Crippen molar-refractivity contribution >= 4 is 11.9 Å². The number of nitrogens with one attached hydrogen (secondary N) is 1. The van der Waals surface area contributed by atoms with E-state index in [-0.39, 0.29) is 6.10 Å². The number of hydrogen-bond acceptors (Lipinski definition) is 6. The lowest BCUT2D eigenvalue weighted by Crippen LogP contribution is -2.39. The smallest absolute Gasteiger partial charge is 0.328 e. The van der Waals surface area contributed by atoms with Crippen molar-refractivity contribution in [1.29, 1.82) is 0 Å². The number of carboxylic acid groups (broad SMARTS) is 2. The van der Waals surface area contributed by atoms with Crippen LogP contribution in [-0.4, -0.2) is 52.9 Å². The minimum atomic E-state index is -1.26. The molecule has 162 valence electrons. The predicted octanol–water partition coefficient (Wildman–Crippen LogP) is 2.99. The first-order valence-electron chi connectivity index (χ1n) is 9.92. The molecule has 0 spiro atoms. The van der Waals surface area contributed by atoms with Gasteiger partial charge in [0.2, 0.25) is 0 Å². The zero-order valence-electron chi connectivity index (χ0n) is 17.3. The van der Waals surface area contributed by atoms with E-state index in [0.29, 0.717) is 36.5 Å². The van der Waals surface area contributed by atoms with Crippen LogP contribution >= 0.6 is 0 Å². The summed E-state index contributed by atoms with van der Waals surface area (Å²) in [6, 6.07) is 3.87. The second kappa shape index (κ2) is 13.5. The third-order valence-corrected chi connectivity index (χ3v) is 4.20. The topological polar surface area (TPSA) is 118 Å². The molecular formula is C21H32N2O6. The molecule has 0 radical (unpaired) electrons. The van der Waals surface area contributed by atoms with Crippen molar-refractivity contribution in [2.24, 2.45) is 11.8 Å². The van der Waals surface area contributed by atoms with Crippen LogP contribution < -0.4 is 14.8 Å². The zero-order valence-corrected chi connectivity index (χ0v) is 17.3. The van der Waals surface area contributed by atoms with Crippen LogP contribution in [0.2, 0.25) is 0 Å². The van der Waals surface area contributed by atoms with Gasteiger partial charge in [-0.2, -0.15) is 0 Å². The van der Waals surface area contributed by atoms with Gasteiger partial charge in [0, 0.05) is 30.8 Å². The molecule has 0 saturated carbocycles. The first-order valence-corrected chi connectivity index (χ1v) is 9.92. The number of nitrogens with zero attached hydrogens (tertiary/aromatic N) is 1. The SMILES string of the molecule is CC[C@H](Oc1cccnc1OCC(C)C)[C@H]1CCCNC1.O=C(O)/C=C/C(=O)O. The highest BCUT2D eigenvalue weighted by molar-refractivity contribution is 5.89. The first-order chi connectivity index (χ1) is 13.8. The molecule has 0 aromatic carbocycles. The van der Waals surface area contributed by atoms with Crippen molar-refractivity contribution in [1.82, 2.24) is 10.3 Å². The molecule has 0 amide bonds. The van der Waals surface area contributed by atoms with Gasteiger partial charge < -0.3 is 25.0 Å². The van der Waals surface area contributed by atoms with E-state index in [1.54, 1.807) is 6.20 Å². The molecule has 1 aromatic rings. The van der Waals surface area contributed by atoms with Gasteiger partial charge in [0.25, 0.3) is 5.88 Å². The number of pyridine rings is 1. The quantitative estimate of drug-likeness (QED) is 0.534. The van der Waals surface area contributed by atoms with E-state index in [1.165, 1.54) is 12.8 Å². The van der Waals surface area contributed by atoms with E-state index in [2.05, 4.69) is 31.1 Å². The molecule has 2 atom stereocenters. The summed E-state index contributed by atoms with van der Waals surface area (Å²) < 4.78 is 12.0. The largest absolute Gasteiger partial charge is 0.484 e. The highest BCUT2D eigenvalue weighted by atomic mass is 16.5. The summed E-state index contributed by atoms with van der Waals surface area (Å²) in [7, 11) is 0. The minimum Gasteiger partial charge on any atom is -0.484 e. The number of ether oxygens (including phenoxy) is 2. The van der Waals surface area contributed by atoms with Crippen molar-refractivity contribution in [3.63, 3.8) is 0 Å². The summed E-state index contributed by atoms with van der Waals surface area (Å²) in [4.78, 5) is 23.4. The summed E-state index contributed by atoms with van der Waals surface area (Å²) in [6.07, 6.45) is 6.56. The molecule has 1 aliphatic rings. The zero-order chi connectivity index (χ0) is 21.6. The van der Waals surface area contributed by atoms with E-state index >= 15 is 0 Å². The summed E-state index contributed by atoms with van der Waals surface area (Å²) in [5.74, 6) is -0.0740. The highest BCUT2D eigenvalue weighted by Crippen LogP contribution is 2.29. The van der Waals surface area contributed by atoms with Gasteiger partial charge >= 0.3 is 11.9 Å². The Morgan fingerprint density at radius 3 is 2.52 bits per heavy atom. The van der Waals surface area contributed by atoms with Crippen LogP contribution in [0.15, 0.2) is 30.5 Å². The number of carboxylic acids is 2. The number of aromatic nitrogens is 1. The third kappa shape index (κ3) is 10.5. The predicted molar refractivity (Wildman–Crippen MR) is 109 cm³/mol. The Kier molecular flexibility index (Phi) is 11.4. The molecule has 2 rings (SSSR count). The van der Waals surface area contributed by atoms with E-state index < -0.39 is 11.9 Å². The van der Waals surface area contributed by atoms with Crippen LogP contribution in [0.25, 0.3) is 0 Å². The van der Waals surface area contributed by atoms with Gasteiger partial charge in [-0.15, -0.1) is 0 Å². The van der Waals surface area contributed by atoms with Crippen molar-refractivity contribution < 1.29 is 29.3 Å². The molecule has 8 nitrogen and oxygen atoms in total. The maximum Gasteiger partial charge on any atom is 0.328 e. The maximum atomic E-state index is 9.55. The van der Waals surface area contributed by atoms with E-state index in [1.807, 2.05) is 12.1 Å². The normalized spacial score (nSPS) is 17.3. The second-order valence-electron chi connectivity index (χ2n) is 7.19. The van der Waals surface area contributed by atoms with Crippen molar-refractivity contribution in [3.8, 4) is 11.6 Å². The second-order valence-corrected chi connectivity index (χ2v) is 7.19. The molecular weight excluding hydrogens is 376 g/mol. The van der Waals surface area contributed by atoms with Gasteiger partial charge in [0.05, 0.1) is 6.61 Å². The van der Waals surface area contributed by atoms with Crippen molar-refractivity contribution in [2.75, 3.05) is 19.7 Å². The number of aliphatic carboxylic acids is 2. The van der Waals surface area contributed by atoms with E-state index in [0.717, 1.165) is 25.3 Å². The van der Waals surface area contributed by atoms with Gasteiger partial charge in [0.15, 0.2) is 5.75 Å². The van der Waals surface area contributed by atoms with Crippen LogP contribution in [0.5, 0.6) is 11.6 Å². The molecule has 1 aromatic heterocycles. The van der Waals surface area contributed by atoms with Gasteiger partial charge in [-0.05, 0) is 43.9 Å². The Bertz CT molecular complexity index is 640. The Morgan fingerprint density at radius 2 is 2.00 bits per heavy atom. The molecule has 0 bridgehead atoms. The molecule has 0 unspecified atom stereocenters. The fraction of sp³-hybridized carbons (Fsp3) is 0.571. The van der Waals surface area contributed by atoms with Gasteiger partial charge in [-0.3, -0.25) is 0 Å². The van der Waals surface area contributed by atoms with Crippen LogP contribution in [0.3, 0.4) is 0 Å².